The molecule has 0 aliphatic carbocycles. The fourth-order valence-electron chi connectivity index (χ4n) is 2.28. The van der Waals surface area contributed by atoms with Crippen LogP contribution in [0.1, 0.15) is 10.4 Å². The number of nitrogens with zero attached hydrogens (tertiary/aromatic N) is 4. The second-order valence-corrected chi connectivity index (χ2v) is 6.26. The molecule has 3 rings (SSSR count). The van der Waals surface area contributed by atoms with Gasteiger partial charge in [-0.05, 0) is 46.8 Å². The van der Waals surface area contributed by atoms with Gasteiger partial charge in [-0.2, -0.15) is 4.68 Å². The lowest BCUT2D eigenvalue weighted by Gasteiger charge is -2.08. The number of benzene rings is 2. The molecule has 9 nitrogen and oxygen atoms in total. The van der Waals surface area contributed by atoms with Gasteiger partial charge in [-0.1, -0.05) is 23.9 Å². The van der Waals surface area contributed by atoms with Crippen molar-refractivity contribution in [1.82, 2.24) is 20.2 Å². The zero-order valence-corrected chi connectivity index (χ0v) is 15.1. The summed E-state index contributed by atoms with van der Waals surface area (Å²) in [5.74, 6) is -0.141. The van der Waals surface area contributed by atoms with Crippen LogP contribution in [0.5, 0.6) is 5.75 Å². The number of primary amides is 1. The molecule has 0 saturated carbocycles. The first-order chi connectivity index (χ1) is 13.1. The third kappa shape index (κ3) is 4.42. The van der Waals surface area contributed by atoms with Gasteiger partial charge in [0, 0.05) is 0 Å². The van der Waals surface area contributed by atoms with Crippen molar-refractivity contribution in [3.8, 4) is 11.4 Å². The standard InChI is InChI=1S/C17H16N6O3S/c1-26-12-8-6-11(7-9-12)23-17(20-21-22-23)27-10-15(24)19-14-5-3-2-4-13(14)16(18)25/h2-9H,10H2,1H3,(H2,18,25)(H,19,24). The van der Waals surface area contributed by atoms with Crippen molar-refractivity contribution in [3.05, 3.63) is 54.1 Å². The summed E-state index contributed by atoms with van der Waals surface area (Å²) in [6.07, 6.45) is 0. The second-order valence-electron chi connectivity index (χ2n) is 5.32. The lowest BCUT2D eigenvalue weighted by Crippen LogP contribution is -2.19. The Labute approximate surface area is 158 Å². The van der Waals surface area contributed by atoms with Gasteiger partial charge >= 0.3 is 0 Å². The number of hydrogen-bond donors (Lipinski definition) is 2. The Balaban J connectivity index is 1.66. The van der Waals surface area contributed by atoms with Crippen molar-refractivity contribution in [2.75, 3.05) is 18.2 Å². The lowest BCUT2D eigenvalue weighted by molar-refractivity contribution is -0.113. The fraction of sp³-hybridized carbons (Fsp3) is 0.118. The Hall–Kier alpha value is -3.40. The molecular weight excluding hydrogens is 368 g/mol. The van der Waals surface area contributed by atoms with Gasteiger partial charge in [-0.25, -0.2) is 0 Å². The molecule has 2 amide bonds. The van der Waals surface area contributed by atoms with Crippen LogP contribution in [0.25, 0.3) is 5.69 Å². The number of carbonyl (C=O) groups is 2. The number of carbonyl (C=O) groups excluding carboxylic acids is 2. The molecule has 0 aliphatic rings. The summed E-state index contributed by atoms with van der Waals surface area (Å²) in [6, 6.07) is 13.7. The first kappa shape index (κ1) is 18.4. The van der Waals surface area contributed by atoms with Crippen LogP contribution in [0.3, 0.4) is 0 Å². The number of nitrogens with one attached hydrogen (secondary N) is 1. The normalized spacial score (nSPS) is 10.4. The van der Waals surface area contributed by atoms with Crippen molar-refractivity contribution in [3.63, 3.8) is 0 Å². The summed E-state index contributed by atoms with van der Waals surface area (Å²) in [6.45, 7) is 0. The number of amides is 2. The Morgan fingerprint density at radius 3 is 2.63 bits per heavy atom. The van der Waals surface area contributed by atoms with Crippen molar-refractivity contribution >= 4 is 29.3 Å². The summed E-state index contributed by atoms with van der Waals surface area (Å²) in [5, 5.41) is 14.7. The van der Waals surface area contributed by atoms with Crippen LogP contribution in [0.15, 0.2) is 53.7 Å². The quantitative estimate of drug-likeness (QED) is 0.591. The molecule has 2 aromatic carbocycles. The van der Waals surface area contributed by atoms with Gasteiger partial charge in [0.15, 0.2) is 0 Å². The third-order valence-electron chi connectivity index (χ3n) is 3.56. The highest BCUT2D eigenvalue weighted by atomic mass is 32.2. The minimum absolute atomic E-state index is 0.0592. The number of anilines is 1. The van der Waals surface area contributed by atoms with E-state index in [2.05, 4.69) is 20.8 Å². The summed E-state index contributed by atoms with van der Waals surface area (Å²) in [7, 11) is 1.59. The Morgan fingerprint density at radius 1 is 1.19 bits per heavy atom. The van der Waals surface area contributed by atoms with Gasteiger partial charge in [0.05, 0.1) is 29.8 Å². The predicted octanol–water partition coefficient (Wildman–Crippen LogP) is 1.50. The van der Waals surface area contributed by atoms with E-state index in [4.69, 9.17) is 10.5 Å². The number of tetrazole rings is 1. The van der Waals surface area contributed by atoms with Gasteiger partial charge in [-0.3, -0.25) is 9.59 Å². The molecule has 0 spiro atoms. The lowest BCUT2D eigenvalue weighted by atomic mass is 10.1. The highest BCUT2D eigenvalue weighted by Gasteiger charge is 2.14. The van der Waals surface area contributed by atoms with Gasteiger partial charge in [0.2, 0.25) is 11.1 Å². The molecular formula is C17H16N6O3S. The molecule has 1 heterocycles. The average Bonchev–Trinajstić information content (AvgIpc) is 3.15. The molecule has 3 aromatic rings. The highest BCUT2D eigenvalue weighted by Crippen LogP contribution is 2.21. The van der Waals surface area contributed by atoms with Gasteiger partial charge in [0.1, 0.15) is 5.75 Å². The van der Waals surface area contributed by atoms with E-state index >= 15 is 0 Å². The summed E-state index contributed by atoms with van der Waals surface area (Å²) in [5.41, 5.74) is 6.67. The molecule has 10 heteroatoms. The summed E-state index contributed by atoms with van der Waals surface area (Å²) >= 11 is 1.17. The molecule has 138 valence electrons. The number of rotatable bonds is 7. The van der Waals surface area contributed by atoms with Crippen LogP contribution in [-0.4, -0.2) is 44.9 Å². The first-order valence-corrected chi connectivity index (χ1v) is 8.81. The molecule has 0 atom stereocenters. The SMILES string of the molecule is COc1ccc(-n2nnnc2SCC(=O)Nc2ccccc2C(N)=O)cc1. The van der Waals surface area contributed by atoms with Crippen LogP contribution in [0.2, 0.25) is 0 Å². The van der Waals surface area contributed by atoms with Crippen LogP contribution < -0.4 is 15.8 Å². The first-order valence-electron chi connectivity index (χ1n) is 7.83. The van der Waals surface area contributed by atoms with Crippen LogP contribution in [0, 0.1) is 0 Å². The molecule has 3 N–H and O–H groups in total. The molecule has 0 radical (unpaired) electrons. The Morgan fingerprint density at radius 2 is 1.93 bits per heavy atom. The molecule has 0 aliphatic heterocycles. The number of para-hydroxylation sites is 1. The number of hydrogen-bond acceptors (Lipinski definition) is 7. The number of ether oxygens (including phenoxy) is 1. The van der Waals surface area contributed by atoms with Crippen LogP contribution >= 0.6 is 11.8 Å². The minimum atomic E-state index is -0.609. The molecule has 0 bridgehead atoms. The molecule has 27 heavy (non-hydrogen) atoms. The summed E-state index contributed by atoms with van der Waals surface area (Å²) in [4.78, 5) is 23.7. The predicted molar refractivity (Wildman–Crippen MR) is 100 cm³/mol. The molecule has 1 aromatic heterocycles. The minimum Gasteiger partial charge on any atom is -0.497 e. The zero-order chi connectivity index (χ0) is 19.2. The smallest absolute Gasteiger partial charge is 0.250 e. The Kier molecular flexibility index (Phi) is 5.67. The van der Waals surface area contributed by atoms with Crippen molar-refractivity contribution in [2.45, 2.75) is 5.16 Å². The van der Waals surface area contributed by atoms with Crippen LogP contribution in [-0.2, 0) is 4.79 Å². The number of thioether (sulfide) groups is 1. The maximum atomic E-state index is 12.2. The molecule has 0 unspecified atom stereocenters. The van der Waals surface area contributed by atoms with E-state index in [0.29, 0.717) is 16.6 Å². The third-order valence-corrected chi connectivity index (χ3v) is 4.48. The van der Waals surface area contributed by atoms with E-state index in [1.165, 1.54) is 16.4 Å². The van der Waals surface area contributed by atoms with Gasteiger partial charge in [-0.15, -0.1) is 5.10 Å². The van der Waals surface area contributed by atoms with Crippen molar-refractivity contribution in [1.29, 1.82) is 0 Å². The fourth-order valence-corrected chi connectivity index (χ4v) is 2.97. The molecule has 0 saturated heterocycles. The average molecular weight is 384 g/mol. The van der Waals surface area contributed by atoms with Crippen LogP contribution in [0.4, 0.5) is 5.69 Å². The zero-order valence-electron chi connectivity index (χ0n) is 14.3. The Bertz CT molecular complexity index is 957. The highest BCUT2D eigenvalue weighted by molar-refractivity contribution is 7.99. The van der Waals surface area contributed by atoms with E-state index < -0.39 is 5.91 Å². The number of methoxy groups -OCH3 is 1. The maximum Gasteiger partial charge on any atom is 0.250 e. The van der Waals surface area contributed by atoms with E-state index in [1.54, 1.807) is 43.5 Å². The topological polar surface area (TPSA) is 125 Å². The van der Waals surface area contributed by atoms with E-state index in [9.17, 15) is 9.59 Å². The maximum absolute atomic E-state index is 12.2. The number of aromatic nitrogens is 4. The summed E-state index contributed by atoms with van der Waals surface area (Å²) < 4.78 is 6.65. The van der Waals surface area contributed by atoms with Crippen molar-refractivity contribution in [2.24, 2.45) is 5.73 Å². The van der Waals surface area contributed by atoms with Crippen molar-refractivity contribution < 1.29 is 14.3 Å². The van der Waals surface area contributed by atoms with E-state index in [0.717, 1.165) is 5.69 Å². The monoisotopic (exact) mass is 384 g/mol. The molecule has 0 fully saturated rings. The largest absolute Gasteiger partial charge is 0.497 e. The van der Waals surface area contributed by atoms with Gasteiger partial charge < -0.3 is 15.8 Å². The van der Waals surface area contributed by atoms with E-state index in [-0.39, 0.29) is 17.2 Å². The second kappa shape index (κ2) is 8.32. The number of nitrogens with two attached hydrogens (primary N) is 1. The van der Waals surface area contributed by atoms with Gasteiger partial charge in [0.25, 0.3) is 5.91 Å². The van der Waals surface area contributed by atoms with E-state index in [1.807, 2.05) is 12.1 Å².